The zero-order valence-electron chi connectivity index (χ0n) is 9.45. The highest BCUT2D eigenvalue weighted by Crippen LogP contribution is 2.26. The van der Waals surface area contributed by atoms with E-state index in [2.05, 4.69) is 5.10 Å². The largest absolute Gasteiger partial charge is 0.330 e. The molecule has 2 N–H and O–H groups in total. The first kappa shape index (κ1) is 12.4. The van der Waals surface area contributed by atoms with E-state index in [-0.39, 0.29) is 0 Å². The molecule has 0 radical (unpaired) electrons. The van der Waals surface area contributed by atoms with E-state index >= 15 is 0 Å². The molecule has 0 aliphatic heterocycles. The third-order valence-corrected chi connectivity index (χ3v) is 3.23. The Balaban J connectivity index is 2.56. The van der Waals surface area contributed by atoms with Gasteiger partial charge in [-0.1, -0.05) is 35.3 Å². The van der Waals surface area contributed by atoms with Crippen LogP contribution in [0.1, 0.15) is 11.3 Å². The Hall–Kier alpha value is -1.03. The van der Waals surface area contributed by atoms with Crippen molar-refractivity contribution in [2.45, 2.75) is 13.3 Å². The lowest BCUT2D eigenvalue weighted by atomic mass is 10.1. The van der Waals surface area contributed by atoms with E-state index in [0.29, 0.717) is 16.6 Å². The summed E-state index contributed by atoms with van der Waals surface area (Å²) >= 11 is 12.2. The number of benzene rings is 1. The van der Waals surface area contributed by atoms with Crippen LogP contribution in [0.5, 0.6) is 0 Å². The normalized spacial score (nSPS) is 10.8. The zero-order valence-corrected chi connectivity index (χ0v) is 11.0. The maximum atomic E-state index is 6.22. The average molecular weight is 270 g/mol. The predicted octanol–water partition coefficient (Wildman–Crippen LogP) is 2.99. The van der Waals surface area contributed by atoms with Gasteiger partial charge in [0.1, 0.15) is 0 Å². The second-order valence-electron chi connectivity index (χ2n) is 3.79. The maximum absolute atomic E-state index is 6.22. The van der Waals surface area contributed by atoms with Gasteiger partial charge in [-0.15, -0.1) is 0 Å². The number of halogens is 2. The van der Waals surface area contributed by atoms with Gasteiger partial charge in [0.25, 0.3) is 0 Å². The highest BCUT2D eigenvalue weighted by Gasteiger charge is 2.11. The summed E-state index contributed by atoms with van der Waals surface area (Å²) in [7, 11) is 0. The van der Waals surface area contributed by atoms with Gasteiger partial charge in [0.15, 0.2) is 0 Å². The van der Waals surface area contributed by atoms with Gasteiger partial charge in [0.05, 0.1) is 21.4 Å². The quantitative estimate of drug-likeness (QED) is 0.931. The summed E-state index contributed by atoms with van der Waals surface area (Å²) in [6.45, 7) is 2.43. The standard InChI is InChI=1S/C12H13Cl2N3/c1-8-11(14)7-17(16-8)12-9(5-6-15)3-2-4-10(12)13/h2-4,7H,5-6,15H2,1H3. The Morgan fingerprint density at radius 1 is 1.29 bits per heavy atom. The second-order valence-corrected chi connectivity index (χ2v) is 4.61. The van der Waals surface area contributed by atoms with E-state index in [0.717, 1.165) is 23.4 Å². The SMILES string of the molecule is Cc1nn(-c2c(Cl)cccc2CCN)cc1Cl. The Kier molecular flexibility index (Phi) is 3.72. The van der Waals surface area contributed by atoms with Crippen LogP contribution < -0.4 is 5.73 Å². The van der Waals surface area contributed by atoms with Crippen molar-refractivity contribution >= 4 is 23.2 Å². The van der Waals surface area contributed by atoms with Gasteiger partial charge in [0, 0.05) is 6.20 Å². The highest BCUT2D eigenvalue weighted by molar-refractivity contribution is 6.32. The van der Waals surface area contributed by atoms with Crippen LogP contribution in [0.2, 0.25) is 10.0 Å². The lowest BCUT2D eigenvalue weighted by Crippen LogP contribution is -2.07. The molecule has 0 aliphatic carbocycles. The molecule has 5 heteroatoms. The molecule has 3 nitrogen and oxygen atoms in total. The smallest absolute Gasteiger partial charge is 0.0864 e. The first-order valence-corrected chi connectivity index (χ1v) is 6.08. The summed E-state index contributed by atoms with van der Waals surface area (Å²) < 4.78 is 1.71. The molecule has 0 unspecified atom stereocenters. The van der Waals surface area contributed by atoms with E-state index in [1.807, 2.05) is 25.1 Å². The van der Waals surface area contributed by atoms with Crippen LogP contribution in [0, 0.1) is 6.92 Å². The Morgan fingerprint density at radius 2 is 2.06 bits per heavy atom. The van der Waals surface area contributed by atoms with Crippen molar-refractivity contribution in [3.05, 3.63) is 45.7 Å². The van der Waals surface area contributed by atoms with Gasteiger partial charge in [-0.3, -0.25) is 0 Å². The van der Waals surface area contributed by atoms with Crippen molar-refractivity contribution in [1.29, 1.82) is 0 Å². The minimum absolute atomic E-state index is 0.571. The van der Waals surface area contributed by atoms with Gasteiger partial charge in [-0.25, -0.2) is 4.68 Å². The van der Waals surface area contributed by atoms with Crippen LogP contribution in [-0.2, 0) is 6.42 Å². The third-order valence-electron chi connectivity index (χ3n) is 2.55. The topological polar surface area (TPSA) is 43.8 Å². The van der Waals surface area contributed by atoms with Gasteiger partial charge in [-0.05, 0) is 31.5 Å². The monoisotopic (exact) mass is 269 g/mol. The molecule has 17 heavy (non-hydrogen) atoms. The number of hydrogen-bond acceptors (Lipinski definition) is 2. The van der Waals surface area contributed by atoms with Crippen molar-refractivity contribution in [2.24, 2.45) is 5.73 Å². The lowest BCUT2D eigenvalue weighted by Gasteiger charge is -2.10. The summed E-state index contributed by atoms with van der Waals surface area (Å²) in [5.41, 5.74) is 8.30. The molecule has 0 bridgehead atoms. The van der Waals surface area contributed by atoms with Crippen LogP contribution in [0.4, 0.5) is 0 Å². The fraction of sp³-hybridized carbons (Fsp3) is 0.250. The fourth-order valence-electron chi connectivity index (χ4n) is 1.73. The van der Waals surface area contributed by atoms with Gasteiger partial charge >= 0.3 is 0 Å². The van der Waals surface area contributed by atoms with Crippen LogP contribution in [0.15, 0.2) is 24.4 Å². The molecule has 0 saturated carbocycles. The number of nitrogens with zero attached hydrogens (tertiary/aromatic N) is 2. The molecule has 0 fully saturated rings. The summed E-state index contributed by atoms with van der Waals surface area (Å²) in [6.07, 6.45) is 2.52. The van der Waals surface area contributed by atoms with Crippen LogP contribution in [0.25, 0.3) is 5.69 Å². The Labute approximate surface area is 110 Å². The minimum Gasteiger partial charge on any atom is -0.330 e. The number of nitrogens with two attached hydrogens (primary N) is 1. The molecule has 90 valence electrons. The van der Waals surface area contributed by atoms with E-state index in [1.165, 1.54) is 0 Å². The van der Waals surface area contributed by atoms with Gasteiger partial charge < -0.3 is 5.73 Å². The molecule has 0 aliphatic rings. The molecule has 0 amide bonds. The molecule has 1 aromatic carbocycles. The molecule has 2 aromatic rings. The van der Waals surface area contributed by atoms with Gasteiger partial charge in [-0.2, -0.15) is 5.10 Å². The summed E-state index contributed by atoms with van der Waals surface area (Å²) in [6, 6.07) is 5.75. The molecule has 1 heterocycles. The third kappa shape index (κ3) is 2.46. The van der Waals surface area contributed by atoms with E-state index in [4.69, 9.17) is 28.9 Å². The zero-order chi connectivity index (χ0) is 12.4. The molecule has 0 spiro atoms. The number of aryl methyl sites for hydroxylation is 1. The molecule has 2 rings (SSSR count). The fourth-order valence-corrected chi connectivity index (χ4v) is 2.14. The predicted molar refractivity (Wildman–Crippen MR) is 71.1 cm³/mol. The Morgan fingerprint density at radius 3 is 2.65 bits per heavy atom. The first-order chi connectivity index (χ1) is 8.13. The van der Waals surface area contributed by atoms with Crippen LogP contribution in [0.3, 0.4) is 0 Å². The number of hydrogen-bond donors (Lipinski definition) is 1. The molecular weight excluding hydrogens is 257 g/mol. The first-order valence-electron chi connectivity index (χ1n) is 5.33. The van der Waals surface area contributed by atoms with Crippen molar-refractivity contribution < 1.29 is 0 Å². The summed E-state index contributed by atoms with van der Waals surface area (Å²) in [4.78, 5) is 0. The average Bonchev–Trinajstić information content (AvgIpc) is 2.59. The molecule has 1 aromatic heterocycles. The molecule has 0 saturated heterocycles. The maximum Gasteiger partial charge on any atom is 0.0864 e. The van der Waals surface area contributed by atoms with E-state index < -0.39 is 0 Å². The number of aromatic nitrogens is 2. The minimum atomic E-state index is 0.571. The summed E-state index contributed by atoms with van der Waals surface area (Å²) in [5.74, 6) is 0. The lowest BCUT2D eigenvalue weighted by molar-refractivity contribution is 0.838. The molecule has 0 atom stereocenters. The van der Waals surface area contributed by atoms with E-state index in [9.17, 15) is 0 Å². The number of rotatable bonds is 3. The summed E-state index contributed by atoms with van der Waals surface area (Å²) in [5, 5.41) is 5.62. The highest BCUT2D eigenvalue weighted by atomic mass is 35.5. The second kappa shape index (κ2) is 5.08. The van der Waals surface area contributed by atoms with Crippen LogP contribution in [-0.4, -0.2) is 16.3 Å². The Bertz CT molecular complexity index is 515. The van der Waals surface area contributed by atoms with Gasteiger partial charge in [0.2, 0.25) is 0 Å². The van der Waals surface area contributed by atoms with Crippen LogP contribution >= 0.6 is 23.2 Å². The van der Waals surface area contributed by atoms with Crippen molar-refractivity contribution in [2.75, 3.05) is 6.54 Å². The van der Waals surface area contributed by atoms with Crippen molar-refractivity contribution in [3.63, 3.8) is 0 Å². The van der Waals surface area contributed by atoms with Crippen molar-refractivity contribution in [1.82, 2.24) is 9.78 Å². The number of para-hydroxylation sites is 1. The molecular formula is C12H13Cl2N3. The van der Waals surface area contributed by atoms with Crippen molar-refractivity contribution in [3.8, 4) is 5.69 Å². The van der Waals surface area contributed by atoms with E-state index in [1.54, 1.807) is 10.9 Å².